The van der Waals surface area contributed by atoms with Gasteiger partial charge in [0.2, 0.25) is 0 Å². The molecule has 0 saturated heterocycles. The molecular formula is C9H10N2O2. The van der Waals surface area contributed by atoms with Crippen LogP contribution in [-0.2, 0) is 4.74 Å². The number of rotatable bonds is 3. The molecule has 0 bridgehead atoms. The van der Waals surface area contributed by atoms with Gasteiger partial charge in [-0.05, 0) is 12.3 Å². The van der Waals surface area contributed by atoms with Crippen LogP contribution in [0.25, 0.3) is 0 Å². The van der Waals surface area contributed by atoms with Crippen molar-refractivity contribution in [2.45, 2.75) is 0 Å². The van der Waals surface area contributed by atoms with Gasteiger partial charge >= 0.3 is 5.97 Å². The zero-order valence-corrected chi connectivity index (χ0v) is 7.28. The lowest BCUT2D eigenvalue weighted by molar-refractivity contribution is 0.0602. The number of aromatic nitrogens is 1. The van der Waals surface area contributed by atoms with E-state index in [2.05, 4.69) is 21.6 Å². The van der Waals surface area contributed by atoms with E-state index in [-0.39, 0.29) is 0 Å². The molecule has 0 aliphatic heterocycles. The third-order valence-electron chi connectivity index (χ3n) is 1.48. The SMILES string of the molecule is C=CNc1cnccc1C(=O)OC. The van der Waals surface area contributed by atoms with Gasteiger partial charge in [0.15, 0.2) is 0 Å². The number of pyridine rings is 1. The highest BCUT2D eigenvalue weighted by atomic mass is 16.5. The number of hydrogen-bond acceptors (Lipinski definition) is 4. The predicted molar refractivity (Wildman–Crippen MR) is 49.4 cm³/mol. The van der Waals surface area contributed by atoms with E-state index in [1.165, 1.54) is 25.7 Å². The average Bonchev–Trinajstić information content (AvgIpc) is 2.18. The van der Waals surface area contributed by atoms with E-state index in [4.69, 9.17) is 0 Å². The van der Waals surface area contributed by atoms with Crippen LogP contribution in [0.5, 0.6) is 0 Å². The second-order valence-corrected chi connectivity index (χ2v) is 2.26. The van der Waals surface area contributed by atoms with Gasteiger partial charge in [0.05, 0.1) is 24.6 Å². The van der Waals surface area contributed by atoms with Gasteiger partial charge < -0.3 is 10.1 Å². The van der Waals surface area contributed by atoms with E-state index in [1.807, 2.05) is 0 Å². The zero-order valence-electron chi connectivity index (χ0n) is 7.28. The van der Waals surface area contributed by atoms with Crippen LogP contribution in [0.2, 0.25) is 0 Å². The molecule has 4 heteroatoms. The largest absolute Gasteiger partial charge is 0.465 e. The van der Waals surface area contributed by atoms with Gasteiger partial charge in [-0.15, -0.1) is 0 Å². The van der Waals surface area contributed by atoms with Gasteiger partial charge in [-0.1, -0.05) is 6.58 Å². The van der Waals surface area contributed by atoms with E-state index < -0.39 is 5.97 Å². The quantitative estimate of drug-likeness (QED) is 0.711. The summed E-state index contributed by atoms with van der Waals surface area (Å²) in [6.45, 7) is 3.49. The molecule has 0 spiro atoms. The Balaban J connectivity index is 3.03. The Bertz CT molecular complexity index is 323. The summed E-state index contributed by atoms with van der Waals surface area (Å²) in [5, 5.41) is 2.79. The molecule has 0 unspecified atom stereocenters. The molecule has 1 rings (SSSR count). The highest BCUT2D eigenvalue weighted by molar-refractivity contribution is 5.95. The number of anilines is 1. The molecule has 13 heavy (non-hydrogen) atoms. The minimum atomic E-state index is -0.397. The van der Waals surface area contributed by atoms with Crippen molar-refractivity contribution in [3.8, 4) is 0 Å². The molecule has 0 radical (unpaired) electrons. The predicted octanol–water partition coefficient (Wildman–Crippen LogP) is 1.42. The second-order valence-electron chi connectivity index (χ2n) is 2.26. The molecule has 1 heterocycles. The fourth-order valence-corrected chi connectivity index (χ4v) is 0.907. The van der Waals surface area contributed by atoms with Crippen molar-refractivity contribution in [2.24, 2.45) is 0 Å². The number of methoxy groups -OCH3 is 1. The minimum absolute atomic E-state index is 0.397. The average molecular weight is 178 g/mol. The number of hydrogen-bond donors (Lipinski definition) is 1. The lowest BCUT2D eigenvalue weighted by Crippen LogP contribution is -2.05. The number of esters is 1. The van der Waals surface area contributed by atoms with E-state index in [0.717, 1.165) is 0 Å². The third-order valence-corrected chi connectivity index (χ3v) is 1.48. The minimum Gasteiger partial charge on any atom is -0.465 e. The maximum atomic E-state index is 11.2. The summed E-state index contributed by atoms with van der Waals surface area (Å²) in [4.78, 5) is 15.0. The van der Waals surface area contributed by atoms with Crippen molar-refractivity contribution >= 4 is 11.7 Å². The number of nitrogens with one attached hydrogen (secondary N) is 1. The number of nitrogens with zero attached hydrogens (tertiary/aromatic N) is 1. The topological polar surface area (TPSA) is 51.2 Å². The van der Waals surface area contributed by atoms with Gasteiger partial charge in [0, 0.05) is 6.20 Å². The normalized spacial score (nSPS) is 9.00. The molecule has 68 valence electrons. The molecule has 0 atom stereocenters. The molecule has 1 aromatic rings. The highest BCUT2D eigenvalue weighted by Gasteiger charge is 2.09. The molecule has 0 aliphatic rings. The van der Waals surface area contributed by atoms with Crippen LogP contribution in [0, 0.1) is 0 Å². The smallest absolute Gasteiger partial charge is 0.340 e. The molecule has 0 aromatic carbocycles. The summed E-state index contributed by atoms with van der Waals surface area (Å²) in [6, 6.07) is 1.58. The van der Waals surface area contributed by atoms with Crippen LogP contribution in [0.3, 0.4) is 0 Å². The molecule has 1 N–H and O–H groups in total. The molecule has 0 fully saturated rings. The Kier molecular flexibility index (Phi) is 3.03. The number of ether oxygens (including phenoxy) is 1. The van der Waals surface area contributed by atoms with Gasteiger partial charge in [0.25, 0.3) is 0 Å². The first-order valence-electron chi connectivity index (χ1n) is 3.69. The summed E-state index contributed by atoms with van der Waals surface area (Å²) >= 11 is 0. The summed E-state index contributed by atoms with van der Waals surface area (Å²) in [6.07, 6.45) is 4.54. The Morgan fingerprint density at radius 2 is 2.54 bits per heavy atom. The van der Waals surface area contributed by atoms with Gasteiger partial charge in [0.1, 0.15) is 0 Å². The van der Waals surface area contributed by atoms with E-state index in [9.17, 15) is 4.79 Å². The van der Waals surface area contributed by atoms with E-state index in [1.54, 1.807) is 6.07 Å². The maximum Gasteiger partial charge on any atom is 0.340 e. The van der Waals surface area contributed by atoms with Crippen molar-refractivity contribution < 1.29 is 9.53 Å². The van der Waals surface area contributed by atoms with Crippen molar-refractivity contribution in [3.63, 3.8) is 0 Å². The molecule has 1 aromatic heterocycles. The summed E-state index contributed by atoms with van der Waals surface area (Å²) in [7, 11) is 1.33. The highest BCUT2D eigenvalue weighted by Crippen LogP contribution is 2.13. The lowest BCUT2D eigenvalue weighted by atomic mass is 10.2. The van der Waals surface area contributed by atoms with Crippen LogP contribution >= 0.6 is 0 Å². The molecule has 4 nitrogen and oxygen atoms in total. The summed E-state index contributed by atoms with van der Waals surface area (Å²) in [5.41, 5.74) is 1.03. The fraction of sp³-hybridized carbons (Fsp3) is 0.111. The van der Waals surface area contributed by atoms with Crippen LogP contribution in [0.15, 0.2) is 31.2 Å². The Labute approximate surface area is 76.2 Å². The summed E-state index contributed by atoms with van der Waals surface area (Å²) < 4.78 is 4.58. The van der Waals surface area contributed by atoms with Crippen molar-refractivity contribution in [2.75, 3.05) is 12.4 Å². The monoisotopic (exact) mass is 178 g/mol. The number of carbonyl (C=O) groups is 1. The first kappa shape index (κ1) is 9.25. The van der Waals surface area contributed by atoms with E-state index in [0.29, 0.717) is 11.3 Å². The van der Waals surface area contributed by atoms with Crippen LogP contribution in [-0.4, -0.2) is 18.1 Å². The van der Waals surface area contributed by atoms with Gasteiger partial charge in [-0.2, -0.15) is 0 Å². The summed E-state index contributed by atoms with van der Waals surface area (Å²) in [5.74, 6) is -0.397. The first-order chi connectivity index (χ1) is 6.29. The molecule has 0 saturated carbocycles. The third kappa shape index (κ3) is 2.05. The second kappa shape index (κ2) is 4.25. The molecule has 0 aliphatic carbocycles. The Morgan fingerprint density at radius 1 is 1.77 bits per heavy atom. The van der Waals surface area contributed by atoms with Crippen molar-refractivity contribution in [3.05, 3.63) is 36.8 Å². The van der Waals surface area contributed by atoms with Gasteiger partial charge in [-0.3, -0.25) is 4.98 Å². The Hall–Kier alpha value is -1.84. The lowest BCUT2D eigenvalue weighted by Gasteiger charge is -2.05. The van der Waals surface area contributed by atoms with Gasteiger partial charge in [-0.25, -0.2) is 4.79 Å². The zero-order chi connectivity index (χ0) is 9.68. The molecular weight excluding hydrogens is 168 g/mol. The Morgan fingerprint density at radius 3 is 3.15 bits per heavy atom. The van der Waals surface area contributed by atoms with Crippen LogP contribution in [0.4, 0.5) is 5.69 Å². The van der Waals surface area contributed by atoms with E-state index >= 15 is 0 Å². The first-order valence-corrected chi connectivity index (χ1v) is 3.69. The standard InChI is InChI=1S/C9H10N2O2/c1-3-11-8-6-10-5-4-7(8)9(12)13-2/h3-6,11H,1H2,2H3. The van der Waals surface area contributed by atoms with Crippen molar-refractivity contribution in [1.29, 1.82) is 0 Å². The van der Waals surface area contributed by atoms with Crippen LogP contribution < -0.4 is 5.32 Å². The molecule has 0 amide bonds. The van der Waals surface area contributed by atoms with Crippen molar-refractivity contribution in [1.82, 2.24) is 4.98 Å². The maximum absolute atomic E-state index is 11.2. The number of carbonyl (C=O) groups excluding carboxylic acids is 1. The fourth-order valence-electron chi connectivity index (χ4n) is 0.907. The van der Waals surface area contributed by atoms with Crippen LogP contribution in [0.1, 0.15) is 10.4 Å².